The van der Waals surface area contributed by atoms with Gasteiger partial charge in [-0.05, 0) is 54.7 Å². The van der Waals surface area contributed by atoms with Crippen molar-refractivity contribution in [2.75, 3.05) is 0 Å². The Bertz CT molecular complexity index is 553. The molecule has 0 radical (unpaired) electrons. The smallest absolute Gasteiger partial charge is 0.314 e. The summed E-state index contributed by atoms with van der Waals surface area (Å²) in [6.45, 7) is 2.32. The van der Waals surface area contributed by atoms with E-state index in [9.17, 15) is 9.90 Å². The van der Waals surface area contributed by atoms with Crippen molar-refractivity contribution in [2.45, 2.75) is 69.6 Å². The number of carboxylic acids is 1. The van der Waals surface area contributed by atoms with Gasteiger partial charge in [0, 0.05) is 5.02 Å². The highest BCUT2D eigenvalue weighted by Gasteiger charge is 2.43. The number of carbonyl (C=O) groups is 1. The summed E-state index contributed by atoms with van der Waals surface area (Å²) >= 11 is 6.55. The Morgan fingerprint density at radius 3 is 2.36 bits per heavy atom. The number of carboxylic acid groups (broad SMARTS) is 1. The standard InChI is InChI=1S/C19H25ClO2/c1-13-4-6-14(7-5-13)16-9-8-15(12-17(16)20)19(18(21)22)10-2-3-11-19/h8-9,12-14H,2-7,10-11H2,1H3,(H,21,22). The van der Waals surface area contributed by atoms with E-state index < -0.39 is 11.4 Å². The van der Waals surface area contributed by atoms with Gasteiger partial charge in [0.2, 0.25) is 0 Å². The molecule has 1 aromatic rings. The molecule has 2 fully saturated rings. The topological polar surface area (TPSA) is 37.3 Å². The number of hydrogen-bond donors (Lipinski definition) is 1. The highest BCUT2D eigenvalue weighted by molar-refractivity contribution is 6.31. The molecule has 22 heavy (non-hydrogen) atoms. The summed E-state index contributed by atoms with van der Waals surface area (Å²) in [6.07, 6.45) is 8.38. The Labute approximate surface area is 137 Å². The quantitative estimate of drug-likeness (QED) is 0.795. The highest BCUT2D eigenvalue weighted by Crippen LogP contribution is 2.44. The average Bonchev–Trinajstić information content (AvgIpc) is 2.99. The maximum absolute atomic E-state index is 11.8. The lowest BCUT2D eigenvalue weighted by atomic mass is 9.76. The fourth-order valence-corrected chi connectivity index (χ4v) is 4.67. The molecule has 0 atom stereocenters. The fourth-order valence-electron chi connectivity index (χ4n) is 4.33. The van der Waals surface area contributed by atoms with E-state index in [1.165, 1.54) is 31.2 Å². The molecule has 0 aliphatic heterocycles. The second-order valence-corrected chi connectivity index (χ2v) is 7.69. The Hall–Kier alpha value is -1.02. The molecule has 0 amide bonds. The van der Waals surface area contributed by atoms with Crippen LogP contribution < -0.4 is 0 Å². The zero-order chi connectivity index (χ0) is 15.7. The van der Waals surface area contributed by atoms with Crippen molar-refractivity contribution in [3.63, 3.8) is 0 Å². The van der Waals surface area contributed by atoms with E-state index >= 15 is 0 Å². The monoisotopic (exact) mass is 320 g/mol. The van der Waals surface area contributed by atoms with Gasteiger partial charge in [-0.3, -0.25) is 4.79 Å². The SMILES string of the molecule is CC1CCC(c2ccc(C3(C(=O)O)CCCC3)cc2Cl)CC1. The molecule has 0 bridgehead atoms. The minimum Gasteiger partial charge on any atom is -0.481 e. The van der Waals surface area contributed by atoms with E-state index in [4.69, 9.17) is 11.6 Å². The van der Waals surface area contributed by atoms with Gasteiger partial charge in [0.25, 0.3) is 0 Å². The van der Waals surface area contributed by atoms with Crippen molar-refractivity contribution < 1.29 is 9.90 Å². The largest absolute Gasteiger partial charge is 0.481 e. The summed E-state index contributed by atoms with van der Waals surface area (Å²) in [5.41, 5.74) is 1.41. The first-order chi connectivity index (χ1) is 10.5. The normalized spacial score (nSPS) is 27.7. The molecule has 0 unspecified atom stereocenters. The zero-order valence-electron chi connectivity index (χ0n) is 13.3. The van der Waals surface area contributed by atoms with Crippen LogP contribution in [-0.4, -0.2) is 11.1 Å². The van der Waals surface area contributed by atoms with Crippen LogP contribution in [0.25, 0.3) is 0 Å². The van der Waals surface area contributed by atoms with E-state index in [2.05, 4.69) is 13.0 Å². The lowest BCUT2D eigenvalue weighted by molar-refractivity contribution is -0.143. The third-order valence-corrected chi connectivity index (χ3v) is 6.20. The Balaban J connectivity index is 1.87. The van der Waals surface area contributed by atoms with Crippen molar-refractivity contribution >= 4 is 17.6 Å². The molecule has 2 saturated carbocycles. The Morgan fingerprint density at radius 1 is 1.18 bits per heavy atom. The van der Waals surface area contributed by atoms with Crippen LogP contribution >= 0.6 is 11.6 Å². The van der Waals surface area contributed by atoms with Gasteiger partial charge in [-0.1, -0.05) is 56.3 Å². The van der Waals surface area contributed by atoms with Crippen LogP contribution in [0.2, 0.25) is 5.02 Å². The van der Waals surface area contributed by atoms with Gasteiger partial charge in [-0.15, -0.1) is 0 Å². The molecule has 2 aliphatic rings. The van der Waals surface area contributed by atoms with Crippen LogP contribution in [0.4, 0.5) is 0 Å². The first kappa shape index (κ1) is 15.9. The highest BCUT2D eigenvalue weighted by atomic mass is 35.5. The molecule has 2 aliphatic carbocycles. The lowest BCUT2D eigenvalue weighted by Gasteiger charge is -2.29. The fraction of sp³-hybridized carbons (Fsp3) is 0.632. The minimum atomic E-state index is -0.705. The van der Waals surface area contributed by atoms with Gasteiger partial charge in [0.15, 0.2) is 0 Å². The molecule has 0 aromatic heterocycles. The van der Waals surface area contributed by atoms with Crippen LogP contribution in [0, 0.1) is 5.92 Å². The summed E-state index contributed by atoms with van der Waals surface area (Å²) in [5, 5.41) is 10.5. The summed E-state index contributed by atoms with van der Waals surface area (Å²) in [7, 11) is 0. The van der Waals surface area contributed by atoms with Gasteiger partial charge in [-0.2, -0.15) is 0 Å². The van der Waals surface area contributed by atoms with Gasteiger partial charge in [-0.25, -0.2) is 0 Å². The summed E-state index contributed by atoms with van der Waals surface area (Å²) < 4.78 is 0. The first-order valence-corrected chi connectivity index (χ1v) is 8.94. The first-order valence-electron chi connectivity index (χ1n) is 8.56. The average molecular weight is 321 g/mol. The number of aliphatic carboxylic acids is 1. The van der Waals surface area contributed by atoms with Crippen LogP contribution in [0.15, 0.2) is 18.2 Å². The summed E-state index contributed by atoms with van der Waals surface area (Å²) in [6, 6.07) is 6.06. The van der Waals surface area contributed by atoms with E-state index in [1.54, 1.807) is 0 Å². The van der Waals surface area contributed by atoms with Crippen LogP contribution in [-0.2, 0) is 10.2 Å². The summed E-state index contributed by atoms with van der Waals surface area (Å²) in [4.78, 5) is 11.8. The molecule has 0 saturated heterocycles. The van der Waals surface area contributed by atoms with Crippen LogP contribution in [0.3, 0.4) is 0 Å². The number of hydrogen-bond acceptors (Lipinski definition) is 1. The van der Waals surface area contributed by atoms with Crippen molar-refractivity contribution in [3.8, 4) is 0 Å². The van der Waals surface area contributed by atoms with E-state index in [1.807, 2.05) is 12.1 Å². The second-order valence-electron chi connectivity index (χ2n) is 7.29. The zero-order valence-corrected chi connectivity index (χ0v) is 14.0. The third kappa shape index (κ3) is 2.78. The third-order valence-electron chi connectivity index (χ3n) is 5.88. The molecule has 0 spiro atoms. The predicted molar refractivity (Wildman–Crippen MR) is 89.6 cm³/mol. The molecular weight excluding hydrogens is 296 g/mol. The van der Waals surface area contributed by atoms with Gasteiger partial charge >= 0.3 is 5.97 Å². The predicted octanol–water partition coefficient (Wildman–Crippen LogP) is 5.53. The van der Waals surface area contributed by atoms with Crippen LogP contribution in [0.5, 0.6) is 0 Å². The Morgan fingerprint density at radius 2 is 1.82 bits per heavy atom. The van der Waals surface area contributed by atoms with Gasteiger partial charge in [0.1, 0.15) is 0 Å². The number of rotatable bonds is 3. The van der Waals surface area contributed by atoms with Crippen molar-refractivity contribution in [1.82, 2.24) is 0 Å². The Kier molecular flexibility index (Phi) is 4.49. The minimum absolute atomic E-state index is 0.544. The molecule has 2 nitrogen and oxygen atoms in total. The van der Waals surface area contributed by atoms with Crippen molar-refractivity contribution in [3.05, 3.63) is 34.3 Å². The molecule has 0 heterocycles. The second kappa shape index (κ2) is 6.23. The van der Waals surface area contributed by atoms with Crippen LogP contribution in [0.1, 0.15) is 75.3 Å². The number of benzene rings is 1. The van der Waals surface area contributed by atoms with E-state index in [-0.39, 0.29) is 0 Å². The molecule has 3 heteroatoms. The lowest BCUT2D eigenvalue weighted by Crippen LogP contribution is -2.32. The van der Waals surface area contributed by atoms with E-state index in [0.717, 1.165) is 42.2 Å². The van der Waals surface area contributed by atoms with Crippen molar-refractivity contribution in [2.24, 2.45) is 5.92 Å². The number of halogens is 1. The van der Waals surface area contributed by atoms with Crippen molar-refractivity contribution in [1.29, 1.82) is 0 Å². The van der Waals surface area contributed by atoms with Gasteiger partial charge < -0.3 is 5.11 Å². The molecule has 120 valence electrons. The maximum atomic E-state index is 11.8. The molecule has 1 aromatic carbocycles. The summed E-state index contributed by atoms with van der Waals surface area (Å²) in [5.74, 6) is 0.672. The molecule has 1 N–H and O–H groups in total. The molecular formula is C19H25ClO2. The van der Waals surface area contributed by atoms with E-state index in [0.29, 0.717) is 5.92 Å². The van der Waals surface area contributed by atoms with Gasteiger partial charge in [0.05, 0.1) is 5.41 Å². The maximum Gasteiger partial charge on any atom is 0.314 e. The molecule has 3 rings (SSSR count).